The average molecular weight is 470 g/mol. The summed E-state index contributed by atoms with van der Waals surface area (Å²) in [5.74, 6) is 1.69. The Labute approximate surface area is 203 Å². The van der Waals surface area contributed by atoms with Gasteiger partial charge in [0.25, 0.3) is 0 Å². The van der Waals surface area contributed by atoms with Crippen LogP contribution in [0.15, 0.2) is 42.5 Å². The Balaban J connectivity index is 1.86. The molecule has 0 saturated carbocycles. The Bertz CT molecular complexity index is 947. The van der Waals surface area contributed by atoms with Gasteiger partial charge in [0.2, 0.25) is 5.91 Å². The predicted molar refractivity (Wildman–Crippen MR) is 136 cm³/mol. The molecule has 7 nitrogen and oxygen atoms in total. The summed E-state index contributed by atoms with van der Waals surface area (Å²) in [4.78, 5) is 19.3. The van der Waals surface area contributed by atoms with Crippen molar-refractivity contribution in [3.63, 3.8) is 0 Å². The zero-order valence-electron chi connectivity index (χ0n) is 21.3. The van der Waals surface area contributed by atoms with Crippen LogP contribution in [-0.4, -0.2) is 80.9 Å². The number of aliphatic hydroxyl groups is 1. The molecule has 0 fully saturated rings. The fourth-order valence-corrected chi connectivity index (χ4v) is 4.33. The molecule has 0 bridgehead atoms. The van der Waals surface area contributed by atoms with Crippen molar-refractivity contribution in [2.45, 2.75) is 39.0 Å². The number of fused-ring (bicyclic) bond motifs is 1. The maximum Gasteiger partial charge on any atom is 0.227 e. The molecule has 0 unspecified atom stereocenters. The van der Waals surface area contributed by atoms with Crippen molar-refractivity contribution in [1.29, 1.82) is 0 Å². The highest BCUT2D eigenvalue weighted by Gasteiger charge is 2.31. The predicted octanol–water partition coefficient (Wildman–Crippen LogP) is 3.04. The third-order valence-electron chi connectivity index (χ3n) is 6.52. The molecule has 1 N–H and O–H groups in total. The van der Waals surface area contributed by atoms with Gasteiger partial charge in [-0.15, -0.1) is 0 Å². The minimum atomic E-state index is -0.244. The average Bonchev–Trinajstić information content (AvgIpc) is 2.86. The van der Waals surface area contributed by atoms with Gasteiger partial charge in [0.05, 0.1) is 26.2 Å². The SMILES string of the molecule is COc1ccc(CN(C)C[C@@H]2Oc3ccc(N(C)C)cc3CC(=O)N([C@@H](C)CO)C[C@H]2C)cc1. The molecule has 0 aromatic heterocycles. The van der Waals surface area contributed by atoms with E-state index in [1.54, 1.807) is 7.11 Å². The first-order chi connectivity index (χ1) is 16.2. The molecule has 2 aromatic rings. The standard InChI is InChI=1S/C27H39N3O4/c1-19-15-30(20(2)18-31)27(32)14-22-13-23(28(3)4)9-12-25(22)34-26(19)17-29(5)16-21-7-10-24(33-6)11-8-21/h7-13,19-20,26,31H,14-18H2,1-6H3/t19-,20+,26+/m1/s1. The molecule has 1 aliphatic heterocycles. The van der Waals surface area contributed by atoms with E-state index in [2.05, 4.69) is 31.0 Å². The summed E-state index contributed by atoms with van der Waals surface area (Å²) < 4.78 is 11.9. The Morgan fingerprint density at radius 2 is 1.88 bits per heavy atom. The molecule has 34 heavy (non-hydrogen) atoms. The van der Waals surface area contributed by atoms with Crippen molar-refractivity contribution >= 4 is 11.6 Å². The molecule has 0 saturated heterocycles. The van der Waals surface area contributed by atoms with Gasteiger partial charge < -0.3 is 24.4 Å². The smallest absolute Gasteiger partial charge is 0.227 e. The van der Waals surface area contributed by atoms with Crippen molar-refractivity contribution in [1.82, 2.24) is 9.80 Å². The highest BCUT2D eigenvalue weighted by Crippen LogP contribution is 2.30. The molecule has 186 valence electrons. The third kappa shape index (κ3) is 6.42. The summed E-state index contributed by atoms with van der Waals surface area (Å²) in [7, 11) is 7.72. The Morgan fingerprint density at radius 1 is 1.18 bits per heavy atom. The number of amides is 1. The lowest BCUT2D eigenvalue weighted by Crippen LogP contribution is -2.47. The van der Waals surface area contributed by atoms with Gasteiger partial charge in [0, 0.05) is 50.9 Å². The number of likely N-dealkylation sites (N-methyl/N-ethyl adjacent to an activating group) is 1. The lowest BCUT2D eigenvalue weighted by Gasteiger charge is -2.34. The van der Waals surface area contributed by atoms with Gasteiger partial charge in [0.15, 0.2) is 0 Å². The van der Waals surface area contributed by atoms with Crippen LogP contribution >= 0.6 is 0 Å². The molecule has 0 aliphatic carbocycles. The molecule has 0 radical (unpaired) electrons. The molecular weight excluding hydrogens is 430 g/mol. The number of nitrogens with zero attached hydrogens (tertiary/aromatic N) is 3. The van der Waals surface area contributed by atoms with Gasteiger partial charge in [-0.05, 0) is 49.9 Å². The first-order valence-corrected chi connectivity index (χ1v) is 11.9. The number of ether oxygens (including phenoxy) is 2. The summed E-state index contributed by atoms with van der Waals surface area (Å²) in [6.45, 7) is 5.97. The van der Waals surface area contributed by atoms with Crippen LogP contribution in [0.1, 0.15) is 25.0 Å². The molecule has 1 aliphatic rings. The maximum absolute atomic E-state index is 13.3. The number of hydrogen-bond acceptors (Lipinski definition) is 6. The van der Waals surface area contributed by atoms with Gasteiger partial charge in [-0.25, -0.2) is 0 Å². The number of hydrogen-bond donors (Lipinski definition) is 1. The molecule has 3 atom stereocenters. The van der Waals surface area contributed by atoms with Crippen LogP contribution in [-0.2, 0) is 17.8 Å². The minimum absolute atomic E-state index is 0.0152. The zero-order valence-corrected chi connectivity index (χ0v) is 21.3. The molecule has 3 rings (SSSR count). The summed E-state index contributed by atoms with van der Waals surface area (Å²) in [5, 5.41) is 9.80. The first-order valence-electron chi connectivity index (χ1n) is 11.9. The number of methoxy groups -OCH3 is 1. The normalized spacial score (nSPS) is 19.5. The maximum atomic E-state index is 13.3. The number of benzene rings is 2. The second-order valence-electron chi connectivity index (χ2n) is 9.62. The molecule has 1 heterocycles. The van der Waals surface area contributed by atoms with Gasteiger partial charge in [-0.3, -0.25) is 9.69 Å². The summed E-state index contributed by atoms with van der Waals surface area (Å²) in [6.07, 6.45) is 0.133. The van der Waals surface area contributed by atoms with Gasteiger partial charge in [0.1, 0.15) is 17.6 Å². The van der Waals surface area contributed by atoms with E-state index in [0.717, 1.165) is 29.3 Å². The number of anilines is 1. The number of aliphatic hydroxyl groups excluding tert-OH is 1. The molecule has 1 amide bonds. The van der Waals surface area contributed by atoms with E-state index in [0.29, 0.717) is 13.1 Å². The van der Waals surface area contributed by atoms with Crippen molar-refractivity contribution in [2.75, 3.05) is 52.8 Å². The Hall–Kier alpha value is -2.77. The van der Waals surface area contributed by atoms with E-state index >= 15 is 0 Å². The second-order valence-corrected chi connectivity index (χ2v) is 9.62. The van der Waals surface area contributed by atoms with Crippen LogP contribution in [0.4, 0.5) is 5.69 Å². The molecule has 0 spiro atoms. The van der Waals surface area contributed by atoms with E-state index in [4.69, 9.17) is 9.47 Å². The highest BCUT2D eigenvalue weighted by molar-refractivity contribution is 5.80. The molecule has 7 heteroatoms. The lowest BCUT2D eigenvalue weighted by molar-refractivity contribution is -0.134. The number of carbonyl (C=O) groups is 1. The van der Waals surface area contributed by atoms with Crippen molar-refractivity contribution in [2.24, 2.45) is 5.92 Å². The van der Waals surface area contributed by atoms with E-state index in [9.17, 15) is 9.90 Å². The Kier molecular flexibility index (Phi) is 8.80. The third-order valence-corrected chi connectivity index (χ3v) is 6.52. The highest BCUT2D eigenvalue weighted by atomic mass is 16.5. The summed E-state index contributed by atoms with van der Waals surface area (Å²) in [6, 6.07) is 13.9. The van der Waals surface area contributed by atoms with Crippen LogP contribution < -0.4 is 14.4 Å². The lowest BCUT2D eigenvalue weighted by atomic mass is 10.0. The van der Waals surface area contributed by atoms with E-state index in [-0.39, 0.29) is 37.0 Å². The van der Waals surface area contributed by atoms with Crippen molar-refractivity contribution < 1.29 is 19.4 Å². The first kappa shape index (κ1) is 25.8. The number of rotatable bonds is 8. The zero-order chi connectivity index (χ0) is 24.8. The van der Waals surface area contributed by atoms with Crippen LogP contribution in [0.3, 0.4) is 0 Å². The van der Waals surface area contributed by atoms with Gasteiger partial charge in [-0.2, -0.15) is 0 Å². The van der Waals surface area contributed by atoms with E-state index < -0.39 is 0 Å². The Morgan fingerprint density at radius 3 is 2.50 bits per heavy atom. The van der Waals surface area contributed by atoms with E-state index in [1.165, 1.54) is 5.56 Å². The van der Waals surface area contributed by atoms with Gasteiger partial charge >= 0.3 is 0 Å². The topological polar surface area (TPSA) is 65.5 Å². The van der Waals surface area contributed by atoms with Crippen LogP contribution in [0, 0.1) is 5.92 Å². The fraction of sp³-hybridized carbons (Fsp3) is 0.519. The number of carbonyl (C=O) groups excluding carboxylic acids is 1. The van der Waals surface area contributed by atoms with Crippen molar-refractivity contribution in [3.05, 3.63) is 53.6 Å². The second kappa shape index (κ2) is 11.6. The monoisotopic (exact) mass is 469 g/mol. The quantitative estimate of drug-likeness (QED) is 0.641. The van der Waals surface area contributed by atoms with Gasteiger partial charge in [-0.1, -0.05) is 19.1 Å². The molecule has 2 aromatic carbocycles. The van der Waals surface area contributed by atoms with Crippen LogP contribution in [0.25, 0.3) is 0 Å². The van der Waals surface area contributed by atoms with Crippen LogP contribution in [0.2, 0.25) is 0 Å². The van der Waals surface area contributed by atoms with E-state index in [1.807, 2.05) is 61.2 Å². The summed E-state index contributed by atoms with van der Waals surface area (Å²) >= 11 is 0. The summed E-state index contributed by atoms with van der Waals surface area (Å²) in [5.41, 5.74) is 3.10. The van der Waals surface area contributed by atoms with Crippen LogP contribution in [0.5, 0.6) is 11.5 Å². The largest absolute Gasteiger partial charge is 0.497 e. The minimum Gasteiger partial charge on any atom is -0.497 e. The fourth-order valence-electron chi connectivity index (χ4n) is 4.33. The molecular formula is C27H39N3O4. The van der Waals surface area contributed by atoms with Crippen molar-refractivity contribution in [3.8, 4) is 11.5 Å².